The van der Waals surface area contributed by atoms with Crippen LogP contribution in [0.3, 0.4) is 0 Å². The predicted octanol–water partition coefficient (Wildman–Crippen LogP) is 5.22. The molecule has 1 N–H and O–H groups in total. The molecule has 2 aromatic carbocycles. The Labute approximate surface area is 165 Å². The molecule has 0 unspecified atom stereocenters. The zero-order valence-electron chi connectivity index (χ0n) is 16.2. The molecule has 0 aliphatic carbocycles. The Morgan fingerprint density at radius 2 is 2.00 bits per heavy atom. The summed E-state index contributed by atoms with van der Waals surface area (Å²) in [5.41, 5.74) is 1.81. The molecule has 1 aliphatic rings. The third kappa shape index (κ3) is 4.75. The van der Waals surface area contributed by atoms with E-state index in [0.717, 1.165) is 16.9 Å². The Bertz CT molecular complexity index is 817. The molecule has 3 rings (SSSR count). The summed E-state index contributed by atoms with van der Waals surface area (Å²) in [5, 5.41) is 3.81. The van der Waals surface area contributed by atoms with Crippen LogP contribution in [0.5, 0.6) is 11.5 Å². The van der Waals surface area contributed by atoms with Crippen LogP contribution < -0.4 is 14.8 Å². The fourth-order valence-electron chi connectivity index (χ4n) is 3.37. The Balaban J connectivity index is 1.77. The SMILES string of the molecule is CC[C@@H](Oc1ccc(Cl)cc1)C(=O)N[C@H]1CC(C)(C)Oc2ccc(C)cc21. The topological polar surface area (TPSA) is 47.6 Å². The molecule has 1 aliphatic heterocycles. The highest BCUT2D eigenvalue weighted by molar-refractivity contribution is 6.30. The van der Waals surface area contributed by atoms with Crippen molar-refractivity contribution < 1.29 is 14.3 Å². The first-order chi connectivity index (χ1) is 12.8. The summed E-state index contributed by atoms with van der Waals surface area (Å²) in [6.45, 7) is 8.05. The number of hydrogen-bond acceptors (Lipinski definition) is 3. The van der Waals surface area contributed by atoms with E-state index in [9.17, 15) is 4.79 Å². The summed E-state index contributed by atoms with van der Waals surface area (Å²) in [6, 6.07) is 13.0. The van der Waals surface area contributed by atoms with Crippen molar-refractivity contribution in [3.8, 4) is 11.5 Å². The van der Waals surface area contributed by atoms with Crippen LogP contribution >= 0.6 is 11.6 Å². The van der Waals surface area contributed by atoms with Crippen LogP contribution in [0.1, 0.15) is 50.8 Å². The van der Waals surface area contributed by atoms with Gasteiger partial charge in [0, 0.05) is 17.0 Å². The largest absolute Gasteiger partial charge is 0.487 e. The molecule has 0 saturated heterocycles. The van der Waals surface area contributed by atoms with Gasteiger partial charge in [-0.25, -0.2) is 0 Å². The molecule has 1 amide bonds. The number of fused-ring (bicyclic) bond motifs is 1. The van der Waals surface area contributed by atoms with Gasteiger partial charge < -0.3 is 14.8 Å². The molecule has 2 atom stereocenters. The van der Waals surface area contributed by atoms with E-state index in [1.54, 1.807) is 24.3 Å². The van der Waals surface area contributed by atoms with Crippen LogP contribution in [-0.4, -0.2) is 17.6 Å². The molecular weight excluding hydrogens is 362 g/mol. The molecule has 0 bridgehead atoms. The van der Waals surface area contributed by atoms with E-state index in [1.807, 2.05) is 39.8 Å². The van der Waals surface area contributed by atoms with Gasteiger partial charge in [-0.1, -0.05) is 36.2 Å². The van der Waals surface area contributed by atoms with E-state index in [0.29, 0.717) is 23.6 Å². The maximum Gasteiger partial charge on any atom is 0.261 e. The second-order valence-electron chi connectivity index (χ2n) is 7.64. The Morgan fingerprint density at radius 3 is 2.67 bits per heavy atom. The van der Waals surface area contributed by atoms with Crippen LogP contribution in [0.2, 0.25) is 5.02 Å². The van der Waals surface area contributed by atoms with Crippen molar-refractivity contribution in [1.29, 1.82) is 0 Å². The smallest absolute Gasteiger partial charge is 0.261 e. The molecule has 144 valence electrons. The lowest BCUT2D eigenvalue weighted by Crippen LogP contribution is -2.45. The van der Waals surface area contributed by atoms with E-state index in [1.165, 1.54) is 0 Å². The van der Waals surface area contributed by atoms with Gasteiger partial charge in [-0.3, -0.25) is 4.79 Å². The van der Waals surface area contributed by atoms with Crippen molar-refractivity contribution in [2.75, 3.05) is 0 Å². The number of aryl methyl sites for hydroxylation is 1. The standard InChI is InChI=1S/C22H26ClNO3/c1-5-19(26-16-9-7-15(23)8-10-16)21(25)24-18-13-22(3,4)27-20-11-6-14(2)12-17(18)20/h6-12,18-19H,5,13H2,1-4H3,(H,24,25)/t18-,19+/m0/s1. The third-order valence-corrected chi connectivity index (χ3v) is 4.95. The molecule has 5 heteroatoms. The average Bonchev–Trinajstić information content (AvgIpc) is 2.61. The summed E-state index contributed by atoms with van der Waals surface area (Å²) in [4.78, 5) is 12.9. The molecule has 4 nitrogen and oxygen atoms in total. The summed E-state index contributed by atoms with van der Waals surface area (Å²) in [6.07, 6.45) is 0.708. The van der Waals surface area contributed by atoms with Crippen molar-refractivity contribution in [3.05, 3.63) is 58.6 Å². The minimum Gasteiger partial charge on any atom is -0.487 e. The molecule has 27 heavy (non-hydrogen) atoms. The van der Waals surface area contributed by atoms with E-state index in [2.05, 4.69) is 11.4 Å². The molecule has 0 spiro atoms. The van der Waals surface area contributed by atoms with Gasteiger partial charge in [-0.15, -0.1) is 0 Å². The van der Waals surface area contributed by atoms with Gasteiger partial charge >= 0.3 is 0 Å². The summed E-state index contributed by atoms with van der Waals surface area (Å²) >= 11 is 5.91. The van der Waals surface area contributed by atoms with Crippen LogP contribution in [-0.2, 0) is 4.79 Å². The van der Waals surface area contributed by atoms with Gasteiger partial charge in [0.25, 0.3) is 5.91 Å². The number of benzene rings is 2. The zero-order valence-corrected chi connectivity index (χ0v) is 17.0. The highest BCUT2D eigenvalue weighted by Crippen LogP contribution is 2.40. The van der Waals surface area contributed by atoms with Gasteiger partial charge in [-0.2, -0.15) is 0 Å². The monoisotopic (exact) mass is 387 g/mol. The zero-order chi connectivity index (χ0) is 19.6. The molecule has 1 heterocycles. The first-order valence-corrected chi connectivity index (χ1v) is 9.67. The van der Waals surface area contributed by atoms with E-state index in [-0.39, 0.29) is 17.6 Å². The second-order valence-corrected chi connectivity index (χ2v) is 8.07. The molecule has 0 aromatic heterocycles. The highest BCUT2D eigenvalue weighted by Gasteiger charge is 2.35. The van der Waals surface area contributed by atoms with Gasteiger partial charge in [0.1, 0.15) is 17.1 Å². The Morgan fingerprint density at radius 1 is 1.30 bits per heavy atom. The average molecular weight is 388 g/mol. The number of ether oxygens (including phenoxy) is 2. The quantitative estimate of drug-likeness (QED) is 0.764. The maximum atomic E-state index is 12.9. The first kappa shape index (κ1) is 19.6. The number of hydrogen-bond donors (Lipinski definition) is 1. The van der Waals surface area contributed by atoms with Crippen LogP contribution in [0, 0.1) is 6.92 Å². The Hall–Kier alpha value is -2.20. The van der Waals surface area contributed by atoms with Crippen molar-refractivity contribution in [3.63, 3.8) is 0 Å². The fraction of sp³-hybridized carbons (Fsp3) is 0.409. The van der Waals surface area contributed by atoms with Crippen molar-refractivity contribution in [2.24, 2.45) is 0 Å². The second kappa shape index (κ2) is 7.81. The first-order valence-electron chi connectivity index (χ1n) is 9.29. The van der Waals surface area contributed by atoms with E-state index in [4.69, 9.17) is 21.1 Å². The van der Waals surface area contributed by atoms with E-state index < -0.39 is 6.10 Å². The molecule has 0 fully saturated rings. The number of halogens is 1. The van der Waals surface area contributed by atoms with Gasteiger partial charge in [0.2, 0.25) is 0 Å². The summed E-state index contributed by atoms with van der Waals surface area (Å²) < 4.78 is 12.0. The van der Waals surface area contributed by atoms with Crippen molar-refractivity contribution in [2.45, 2.75) is 58.3 Å². The predicted molar refractivity (Wildman–Crippen MR) is 108 cm³/mol. The van der Waals surface area contributed by atoms with Crippen LogP contribution in [0.4, 0.5) is 0 Å². The lowest BCUT2D eigenvalue weighted by Gasteiger charge is -2.38. The van der Waals surface area contributed by atoms with Crippen molar-refractivity contribution >= 4 is 17.5 Å². The lowest BCUT2D eigenvalue weighted by molar-refractivity contribution is -0.129. The number of amides is 1. The number of rotatable bonds is 5. The van der Waals surface area contributed by atoms with Gasteiger partial charge in [-0.05, 0) is 57.5 Å². The minimum absolute atomic E-state index is 0.112. The number of carbonyl (C=O) groups excluding carboxylic acids is 1. The summed E-state index contributed by atoms with van der Waals surface area (Å²) in [5.74, 6) is 1.33. The minimum atomic E-state index is -0.564. The number of carbonyl (C=O) groups is 1. The van der Waals surface area contributed by atoms with Crippen molar-refractivity contribution in [1.82, 2.24) is 5.32 Å². The Kier molecular flexibility index (Phi) is 5.66. The van der Waals surface area contributed by atoms with Crippen LogP contribution in [0.15, 0.2) is 42.5 Å². The molecule has 0 saturated carbocycles. The van der Waals surface area contributed by atoms with E-state index >= 15 is 0 Å². The summed E-state index contributed by atoms with van der Waals surface area (Å²) in [7, 11) is 0. The van der Waals surface area contributed by atoms with Gasteiger partial charge in [0.05, 0.1) is 6.04 Å². The molecular formula is C22H26ClNO3. The number of nitrogens with one attached hydrogen (secondary N) is 1. The van der Waals surface area contributed by atoms with Gasteiger partial charge in [0.15, 0.2) is 6.10 Å². The van der Waals surface area contributed by atoms with Crippen LogP contribution in [0.25, 0.3) is 0 Å². The maximum absolute atomic E-state index is 12.9. The molecule has 2 aromatic rings. The highest BCUT2D eigenvalue weighted by atomic mass is 35.5. The third-order valence-electron chi connectivity index (χ3n) is 4.69. The lowest BCUT2D eigenvalue weighted by atomic mass is 9.88. The normalized spacial score (nSPS) is 18.8. The molecule has 0 radical (unpaired) electrons. The fourth-order valence-corrected chi connectivity index (χ4v) is 3.49.